The van der Waals surface area contributed by atoms with Gasteiger partial charge in [-0.15, -0.1) is 0 Å². The fraction of sp³-hybridized carbons (Fsp3) is 0.476. The molecule has 6 nitrogen and oxygen atoms in total. The summed E-state index contributed by atoms with van der Waals surface area (Å²) in [6.07, 6.45) is 2.72. The Morgan fingerprint density at radius 2 is 1.93 bits per heavy atom. The molecule has 0 aliphatic carbocycles. The molecule has 1 aliphatic heterocycles. The van der Waals surface area contributed by atoms with Crippen LogP contribution in [0.4, 0.5) is 0 Å². The largest absolute Gasteiger partial charge is 0.361 e. The van der Waals surface area contributed by atoms with Gasteiger partial charge in [0.05, 0.1) is 6.54 Å². The number of aromatic nitrogens is 1. The van der Waals surface area contributed by atoms with E-state index in [2.05, 4.69) is 5.16 Å². The van der Waals surface area contributed by atoms with Gasteiger partial charge in [0.2, 0.25) is 11.8 Å². The molecule has 1 aromatic carbocycles. The number of benzene rings is 1. The number of carbonyl (C=O) groups is 2. The first-order valence-corrected chi connectivity index (χ1v) is 9.52. The molecule has 1 aromatic heterocycles. The van der Waals surface area contributed by atoms with Crippen LogP contribution in [0.25, 0.3) is 0 Å². The Balaban J connectivity index is 1.43. The second-order valence-electron chi connectivity index (χ2n) is 7.26. The lowest BCUT2D eigenvalue weighted by Gasteiger charge is -2.33. The predicted octanol–water partition coefficient (Wildman–Crippen LogP) is 2.81. The van der Waals surface area contributed by atoms with Gasteiger partial charge in [-0.05, 0) is 31.7 Å². The highest BCUT2D eigenvalue weighted by Gasteiger charge is 2.29. The molecule has 1 fully saturated rings. The van der Waals surface area contributed by atoms with Crippen LogP contribution in [0.3, 0.4) is 0 Å². The maximum atomic E-state index is 12.7. The molecule has 1 aliphatic rings. The van der Waals surface area contributed by atoms with Crippen molar-refractivity contribution in [2.24, 2.45) is 5.92 Å². The van der Waals surface area contributed by atoms with Gasteiger partial charge in [0.15, 0.2) is 0 Å². The first kappa shape index (κ1) is 19.1. The van der Waals surface area contributed by atoms with Gasteiger partial charge in [0.1, 0.15) is 11.5 Å². The molecule has 3 rings (SSSR count). The molecule has 0 atom stereocenters. The quantitative estimate of drug-likeness (QED) is 0.785. The smallest absolute Gasteiger partial charge is 0.225 e. The molecule has 0 unspecified atom stereocenters. The molecule has 0 spiro atoms. The van der Waals surface area contributed by atoms with E-state index in [0.717, 1.165) is 30.7 Å². The number of hydrogen-bond donors (Lipinski definition) is 0. The van der Waals surface area contributed by atoms with Crippen molar-refractivity contribution >= 4 is 11.8 Å². The second-order valence-corrected chi connectivity index (χ2v) is 7.26. The molecule has 0 N–H and O–H groups in total. The van der Waals surface area contributed by atoms with E-state index in [1.54, 1.807) is 11.9 Å². The van der Waals surface area contributed by atoms with Gasteiger partial charge in [0.25, 0.3) is 0 Å². The predicted molar refractivity (Wildman–Crippen MR) is 102 cm³/mol. The van der Waals surface area contributed by atoms with Crippen molar-refractivity contribution in [3.05, 3.63) is 53.4 Å². The number of likely N-dealkylation sites (tertiary alicyclic amines) is 1. The van der Waals surface area contributed by atoms with Crippen LogP contribution in [0, 0.1) is 12.8 Å². The Kier molecular flexibility index (Phi) is 6.27. The number of amides is 2. The molecule has 6 heteroatoms. The normalized spacial score (nSPS) is 15.0. The van der Waals surface area contributed by atoms with Gasteiger partial charge in [-0.25, -0.2) is 0 Å². The molecule has 0 radical (unpaired) electrons. The molecule has 27 heavy (non-hydrogen) atoms. The van der Waals surface area contributed by atoms with Crippen molar-refractivity contribution < 1.29 is 14.1 Å². The zero-order valence-corrected chi connectivity index (χ0v) is 16.1. The maximum Gasteiger partial charge on any atom is 0.225 e. The highest BCUT2D eigenvalue weighted by Crippen LogP contribution is 2.21. The monoisotopic (exact) mass is 369 g/mol. The van der Waals surface area contributed by atoms with Crippen LogP contribution in [-0.2, 0) is 22.6 Å². The van der Waals surface area contributed by atoms with E-state index < -0.39 is 0 Å². The van der Waals surface area contributed by atoms with E-state index in [-0.39, 0.29) is 17.7 Å². The molecule has 0 saturated carbocycles. The molecule has 144 valence electrons. The number of aryl methyl sites for hydroxylation is 2. The third kappa shape index (κ3) is 5.18. The number of carbonyl (C=O) groups excluding carboxylic acids is 2. The van der Waals surface area contributed by atoms with Crippen LogP contribution < -0.4 is 0 Å². The molecule has 2 heterocycles. The van der Waals surface area contributed by atoms with Gasteiger partial charge in [-0.3, -0.25) is 9.59 Å². The van der Waals surface area contributed by atoms with Crippen LogP contribution in [-0.4, -0.2) is 46.9 Å². The third-order valence-electron chi connectivity index (χ3n) is 5.12. The van der Waals surface area contributed by atoms with Crippen molar-refractivity contribution in [2.75, 3.05) is 20.1 Å². The Hall–Kier alpha value is -2.63. The SMILES string of the molecule is Cc1cc(CN(C)C(=O)C2CCN(C(=O)CCc3ccccc3)CC2)no1. The minimum Gasteiger partial charge on any atom is -0.361 e. The molecule has 1 saturated heterocycles. The molecular formula is C21H27N3O3. The summed E-state index contributed by atoms with van der Waals surface area (Å²) in [6.45, 7) is 3.59. The minimum atomic E-state index is -0.0267. The zero-order chi connectivity index (χ0) is 19.2. The molecule has 0 bridgehead atoms. The van der Waals surface area contributed by atoms with E-state index in [1.165, 1.54) is 5.56 Å². The lowest BCUT2D eigenvalue weighted by molar-refractivity contribution is -0.140. The average Bonchev–Trinajstić information content (AvgIpc) is 3.11. The molecule has 2 amide bonds. The highest BCUT2D eigenvalue weighted by atomic mass is 16.5. The Morgan fingerprint density at radius 1 is 1.22 bits per heavy atom. The number of piperidine rings is 1. The summed E-state index contributed by atoms with van der Waals surface area (Å²) in [4.78, 5) is 28.7. The fourth-order valence-corrected chi connectivity index (χ4v) is 3.55. The molecule has 2 aromatic rings. The Bertz CT molecular complexity index is 764. The summed E-state index contributed by atoms with van der Waals surface area (Å²) in [7, 11) is 1.80. The Morgan fingerprint density at radius 3 is 2.56 bits per heavy atom. The first-order chi connectivity index (χ1) is 13.0. The van der Waals surface area contributed by atoms with Crippen LogP contribution in [0.15, 0.2) is 40.9 Å². The minimum absolute atomic E-state index is 0.0267. The summed E-state index contributed by atoms with van der Waals surface area (Å²) >= 11 is 0. The zero-order valence-electron chi connectivity index (χ0n) is 16.1. The van der Waals surface area contributed by atoms with Gasteiger partial charge >= 0.3 is 0 Å². The third-order valence-corrected chi connectivity index (χ3v) is 5.12. The highest BCUT2D eigenvalue weighted by molar-refractivity contribution is 5.80. The van der Waals surface area contributed by atoms with Crippen molar-refractivity contribution in [3.8, 4) is 0 Å². The van der Waals surface area contributed by atoms with Crippen molar-refractivity contribution in [2.45, 2.75) is 39.2 Å². The maximum absolute atomic E-state index is 12.7. The summed E-state index contributed by atoms with van der Waals surface area (Å²) in [5.41, 5.74) is 1.94. The van der Waals surface area contributed by atoms with E-state index >= 15 is 0 Å². The summed E-state index contributed by atoms with van der Waals surface area (Å²) in [5, 5.41) is 3.94. The lowest BCUT2D eigenvalue weighted by Crippen LogP contribution is -2.43. The fourth-order valence-electron chi connectivity index (χ4n) is 3.55. The first-order valence-electron chi connectivity index (χ1n) is 9.52. The Labute approximate surface area is 160 Å². The van der Waals surface area contributed by atoms with E-state index in [1.807, 2.05) is 48.2 Å². The van der Waals surface area contributed by atoms with E-state index in [0.29, 0.717) is 26.1 Å². The van der Waals surface area contributed by atoms with Crippen molar-refractivity contribution in [1.29, 1.82) is 0 Å². The average molecular weight is 369 g/mol. The number of nitrogens with zero attached hydrogens (tertiary/aromatic N) is 3. The van der Waals surface area contributed by atoms with Crippen LogP contribution >= 0.6 is 0 Å². The second kappa shape index (κ2) is 8.84. The van der Waals surface area contributed by atoms with E-state index in [4.69, 9.17) is 4.52 Å². The summed E-state index contributed by atoms with van der Waals surface area (Å²) in [6, 6.07) is 11.9. The van der Waals surface area contributed by atoms with Crippen molar-refractivity contribution in [1.82, 2.24) is 15.0 Å². The number of hydrogen-bond acceptors (Lipinski definition) is 4. The summed E-state index contributed by atoms with van der Waals surface area (Å²) < 4.78 is 5.05. The number of rotatable bonds is 6. The van der Waals surface area contributed by atoms with Gasteiger partial charge in [0, 0.05) is 38.5 Å². The van der Waals surface area contributed by atoms with Crippen LogP contribution in [0.2, 0.25) is 0 Å². The van der Waals surface area contributed by atoms with E-state index in [9.17, 15) is 9.59 Å². The summed E-state index contributed by atoms with van der Waals surface area (Å²) in [5.74, 6) is 1.01. The van der Waals surface area contributed by atoms with Gasteiger partial charge < -0.3 is 14.3 Å². The van der Waals surface area contributed by atoms with Crippen LogP contribution in [0.5, 0.6) is 0 Å². The van der Waals surface area contributed by atoms with Crippen molar-refractivity contribution in [3.63, 3.8) is 0 Å². The lowest BCUT2D eigenvalue weighted by atomic mass is 9.95. The van der Waals surface area contributed by atoms with Crippen LogP contribution in [0.1, 0.15) is 36.3 Å². The van der Waals surface area contributed by atoms with Gasteiger partial charge in [-0.1, -0.05) is 35.5 Å². The standard InChI is InChI=1S/C21H27N3O3/c1-16-14-19(22-27-16)15-23(2)21(26)18-10-12-24(13-11-18)20(25)9-8-17-6-4-3-5-7-17/h3-7,14,18H,8-13,15H2,1-2H3. The molecular weight excluding hydrogens is 342 g/mol. The van der Waals surface area contributed by atoms with Gasteiger partial charge in [-0.2, -0.15) is 0 Å². The topological polar surface area (TPSA) is 66.7 Å².